The molecule has 4 fully saturated rings. The number of fused-ring (bicyclic) bond motifs is 3. The van der Waals surface area contributed by atoms with Crippen molar-refractivity contribution >= 4 is 18.0 Å². The number of amides is 1. The maximum absolute atomic E-state index is 13.8. The highest BCUT2D eigenvalue weighted by molar-refractivity contribution is 5.77. The van der Waals surface area contributed by atoms with Crippen molar-refractivity contribution in [2.75, 3.05) is 6.61 Å². The summed E-state index contributed by atoms with van der Waals surface area (Å²) >= 11 is 0. The number of esters is 2. The van der Waals surface area contributed by atoms with E-state index in [0.717, 1.165) is 0 Å². The zero-order chi connectivity index (χ0) is 38.2. The second-order valence-corrected chi connectivity index (χ2v) is 17.2. The topological polar surface area (TPSA) is 200 Å². The van der Waals surface area contributed by atoms with Gasteiger partial charge in [-0.15, -0.1) is 0 Å². The van der Waals surface area contributed by atoms with E-state index >= 15 is 0 Å². The number of nitrogens with one attached hydrogen (secondary N) is 1. The van der Waals surface area contributed by atoms with Gasteiger partial charge >= 0.3 is 18.0 Å². The standard InChI is InChI=1S/C37H57NO13/c1-12-24-49-22-14-23-37(45,16-46-23)28-29(41)36(34(9,10)44)15-21(18(4)25(36)27(47-19(5)39)30(50-24)35(22,28)11)48-31(42)26(40)20(13-17(2)3)38-32(43)51-33(6,7)8/h12,17,20-24,26-30,40-41,44-45H,1,13-16H2,2-11H3,(H,38,43)/t20?,21-,22-,23+,24?,26+,27-,28-,29-,30-,35+,36-,37-/m0/s1. The second kappa shape index (κ2) is 13.4. The van der Waals surface area contributed by atoms with E-state index in [0.29, 0.717) is 11.1 Å². The molecule has 14 nitrogen and oxygen atoms in total. The average molecular weight is 724 g/mol. The summed E-state index contributed by atoms with van der Waals surface area (Å²) in [6.07, 6.45) is -8.04. The van der Waals surface area contributed by atoms with Gasteiger partial charge in [0.05, 0.1) is 42.0 Å². The number of rotatable bonds is 9. The van der Waals surface area contributed by atoms with E-state index in [1.54, 1.807) is 27.7 Å². The number of hydrogen-bond donors (Lipinski definition) is 5. The highest BCUT2D eigenvalue weighted by Gasteiger charge is 2.78. The molecule has 5 aliphatic rings. The first-order valence-corrected chi connectivity index (χ1v) is 17.9. The minimum absolute atomic E-state index is 0.0370. The Morgan fingerprint density at radius 2 is 1.76 bits per heavy atom. The predicted octanol–water partition coefficient (Wildman–Crippen LogP) is 2.43. The lowest BCUT2D eigenvalue weighted by molar-refractivity contribution is -0.392. The fraction of sp³-hybridized carbons (Fsp3) is 0.811. The Morgan fingerprint density at radius 3 is 2.27 bits per heavy atom. The molecule has 0 radical (unpaired) electrons. The molecule has 0 aromatic carbocycles. The highest BCUT2D eigenvalue weighted by atomic mass is 16.7. The minimum atomic E-state index is -1.81. The number of alkyl carbamates (subject to hydrolysis) is 1. The number of aliphatic hydroxyl groups is 4. The predicted molar refractivity (Wildman–Crippen MR) is 181 cm³/mol. The molecule has 0 aromatic heterocycles. The molecule has 51 heavy (non-hydrogen) atoms. The first kappa shape index (κ1) is 39.6. The Kier molecular flexibility index (Phi) is 10.4. The van der Waals surface area contributed by atoms with Crippen LogP contribution in [-0.4, -0.2) is 117 Å². The van der Waals surface area contributed by atoms with Crippen LogP contribution >= 0.6 is 0 Å². The quantitative estimate of drug-likeness (QED) is 0.132. The Balaban J connectivity index is 1.61. The summed E-state index contributed by atoms with van der Waals surface area (Å²) in [5.74, 6) is -2.79. The van der Waals surface area contributed by atoms with Gasteiger partial charge in [0.1, 0.15) is 23.4 Å². The summed E-state index contributed by atoms with van der Waals surface area (Å²) in [7, 11) is 0. The Bertz CT molecular complexity index is 1430. The van der Waals surface area contributed by atoms with E-state index in [1.807, 2.05) is 20.8 Å². The van der Waals surface area contributed by atoms with Crippen molar-refractivity contribution in [1.82, 2.24) is 5.32 Å². The lowest BCUT2D eigenvalue weighted by Gasteiger charge is -2.66. The fourth-order valence-corrected chi connectivity index (χ4v) is 9.54. The van der Waals surface area contributed by atoms with E-state index in [-0.39, 0.29) is 31.8 Å². The SMILES string of the molecule is C=CC1O[C@H]2C[C@H]3OC[C@@]3(O)[C@H]3[C@H](O)[C@]4(C(C)(C)O)C[C@H](OC(=O)[C@H](O)C(CC(C)C)NC(=O)OC(C)(C)C)C(C)=C4[C@H](OC(C)=O)[C@H](O1)[C@]23C. The first-order valence-electron chi connectivity index (χ1n) is 17.9. The molecule has 5 rings (SSSR count). The van der Waals surface area contributed by atoms with Crippen molar-refractivity contribution in [1.29, 1.82) is 0 Å². The lowest BCUT2D eigenvalue weighted by Crippen LogP contribution is -2.79. The third-order valence-electron chi connectivity index (χ3n) is 11.8. The van der Waals surface area contributed by atoms with Crippen LogP contribution < -0.4 is 5.32 Å². The van der Waals surface area contributed by atoms with Crippen LogP contribution in [0.15, 0.2) is 23.8 Å². The molecule has 2 saturated carbocycles. The van der Waals surface area contributed by atoms with Crippen LogP contribution in [0, 0.1) is 22.7 Å². The molecule has 14 heteroatoms. The molecular formula is C37H57NO13. The Morgan fingerprint density at radius 1 is 1.12 bits per heavy atom. The molecular weight excluding hydrogens is 666 g/mol. The van der Waals surface area contributed by atoms with Crippen molar-refractivity contribution in [2.45, 2.75) is 160 Å². The average Bonchev–Trinajstić information content (AvgIpc) is 3.25. The molecule has 2 unspecified atom stereocenters. The normalized spacial score (nSPS) is 40.1. The van der Waals surface area contributed by atoms with Crippen molar-refractivity contribution in [3.05, 3.63) is 23.8 Å². The number of carbonyl (C=O) groups is 3. The summed E-state index contributed by atoms with van der Waals surface area (Å²) in [5.41, 5.74) is -6.36. The molecule has 288 valence electrons. The molecule has 13 atom stereocenters. The van der Waals surface area contributed by atoms with E-state index in [4.69, 9.17) is 28.4 Å². The van der Waals surface area contributed by atoms with Crippen molar-refractivity contribution < 1.29 is 63.2 Å². The molecule has 2 heterocycles. The summed E-state index contributed by atoms with van der Waals surface area (Å²) < 4.78 is 36.1. The third-order valence-corrected chi connectivity index (χ3v) is 11.8. The van der Waals surface area contributed by atoms with Crippen LogP contribution in [0.1, 0.15) is 88.5 Å². The minimum Gasteiger partial charge on any atom is -0.456 e. The van der Waals surface area contributed by atoms with Gasteiger partial charge in [-0.05, 0) is 71.1 Å². The number of aliphatic hydroxyl groups excluding tert-OH is 2. The van der Waals surface area contributed by atoms with Gasteiger partial charge in [0.25, 0.3) is 0 Å². The van der Waals surface area contributed by atoms with E-state index < -0.39 is 107 Å². The Hall–Kier alpha value is -2.59. The molecule has 2 aliphatic heterocycles. The van der Waals surface area contributed by atoms with E-state index in [2.05, 4.69) is 11.9 Å². The van der Waals surface area contributed by atoms with Gasteiger partial charge in [0.15, 0.2) is 18.5 Å². The molecule has 0 spiro atoms. The van der Waals surface area contributed by atoms with Gasteiger partial charge in [-0.25, -0.2) is 9.59 Å². The number of hydrogen-bond acceptors (Lipinski definition) is 13. The number of carbonyl (C=O) groups excluding carboxylic acids is 3. The molecule has 5 N–H and O–H groups in total. The smallest absolute Gasteiger partial charge is 0.407 e. The molecule has 1 amide bonds. The Labute approximate surface area is 299 Å². The fourth-order valence-electron chi connectivity index (χ4n) is 9.54. The van der Waals surface area contributed by atoms with Crippen LogP contribution in [-0.2, 0) is 38.0 Å². The van der Waals surface area contributed by atoms with Crippen LogP contribution in [0.4, 0.5) is 4.79 Å². The molecule has 2 saturated heterocycles. The number of ether oxygens (including phenoxy) is 6. The van der Waals surface area contributed by atoms with Gasteiger partial charge < -0.3 is 54.2 Å². The summed E-state index contributed by atoms with van der Waals surface area (Å²) in [4.78, 5) is 39.4. The second-order valence-electron chi connectivity index (χ2n) is 17.2. The maximum atomic E-state index is 13.8. The van der Waals surface area contributed by atoms with Crippen LogP contribution in [0.3, 0.4) is 0 Å². The van der Waals surface area contributed by atoms with E-state index in [9.17, 15) is 34.8 Å². The monoisotopic (exact) mass is 723 g/mol. The van der Waals surface area contributed by atoms with Gasteiger partial charge in [-0.1, -0.05) is 27.4 Å². The van der Waals surface area contributed by atoms with Crippen LogP contribution in [0.2, 0.25) is 0 Å². The summed E-state index contributed by atoms with van der Waals surface area (Å²) in [6.45, 7) is 20.3. The van der Waals surface area contributed by atoms with Gasteiger partial charge in [-0.3, -0.25) is 4.79 Å². The van der Waals surface area contributed by atoms with Crippen molar-refractivity contribution in [3.8, 4) is 0 Å². The molecule has 0 bridgehead atoms. The van der Waals surface area contributed by atoms with Crippen molar-refractivity contribution in [2.24, 2.45) is 22.7 Å². The zero-order valence-electron chi connectivity index (χ0n) is 31.4. The highest BCUT2D eigenvalue weighted by Crippen LogP contribution is 2.68. The van der Waals surface area contributed by atoms with Gasteiger partial charge in [0, 0.05) is 31.1 Å². The summed E-state index contributed by atoms with van der Waals surface area (Å²) in [5, 5.41) is 51.2. The van der Waals surface area contributed by atoms with Gasteiger partial charge in [-0.2, -0.15) is 0 Å². The van der Waals surface area contributed by atoms with Crippen LogP contribution in [0.25, 0.3) is 0 Å². The largest absolute Gasteiger partial charge is 0.456 e. The van der Waals surface area contributed by atoms with Crippen molar-refractivity contribution in [3.63, 3.8) is 0 Å². The summed E-state index contributed by atoms with van der Waals surface area (Å²) in [6, 6.07) is -1.06. The van der Waals surface area contributed by atoms with Crippen LogP contribution in [0.5, 0.6) is 0 Å². The molecule has 3 aliphatic carbocycles. The first-order chi connectivity index (χ1) is 23.4. The van der Waals surface area contributed by atoms with E-state index in [1.165, 1.54) is 26.8 Å². The molecule has 0 aromatic rings. The lowest BCUT2D eigenvalue weighted by atomic mass is 9.49. The zero-order valence-corrected chi connectivity index (χ0v) is 31.4. The third kappa shape index (κ3) is 6.52. The maximum Gasteiger partial charge on any atom is 0.407 e. The van der Waals surface area contributed by atoms with Gasteiger partial charge in [0.2, 0.25) is 0 Å².